The van der Waals surface area contributed by atoms with E-state index < -0.39 is 12.2 Å². The third-order valence-corrected chi connectivity index (χ3v) is 2.77. The van der Waals surface area contributed by atoms with E-state index in [9.17, 15) is 4.39 Å². The highest BCUT2D eigenvalue weighted by Gasteiger charge is 2.40. The van der Waals surface area contributed by atoms with Gasteiger partial charge in [-0.1, -0.05) is 6.92 Å². The summed E-state index contributed by atoms with van der Waals surface area (Å²) in [5.74, 6) is -0.138. The summed E-state index contributed by atoms with van der Waals surface area (Å²) >= 11 is 0. The Morgan fingerprint density at radius 2 is 2.38 bits per heavy atom. The summed E-state index contributed by atoms with van der Waals surface area (Å²) in [7, 11) is 6.94. The molecule has 5 atom stereocenters. The van der Waals surface area contributed by atoms with Gasteiger partial charge in [-0.2, -0.15) is 0 Å². The molecule has 0 aromatic carbocycles. The topological polar surface area (TPSA) is 18.5 Å². The molecule has 2 unspecified atom stereocenters. The maximum absolute atomic E-state index is 13.4. The Bertz CT molecular complexity index is 163. The lowest BCUT2D eigenvalue weighted by atomic mass is 9.50. The predicted molar refractivity (Wildman–Crippen MR) is 54.4 cm³/mol. The molecule has 0 aromatic rings. The average molecular weight is 201 g/mol. The third kappa shape index (κ3) is 2.68. The summed E-state index contributed by atoms with van der Waals surface area (Å²) in [5.41, 5.74) is 0. The predicted octanol–water partition coefficient (Wildman–Crippen LogP) is 0.713. The summed E-state index contributed by atoms with van der Waals surface area (Å²) < 4.78 is 23.9. The van der Waals surface area contributed by atoms with Crippen molar-refractivity contribution in [2.24, 2.45) is 5.92 Å². The molecule has 2 nitrogen and oxygen atoms in total. The van der Waals surface area contributed by atoms with E-state index in [-0.39, 0.29) is 12.0 Å². The van der Waals surface area contributed by atoms with Gasteiger partial charge in [0.15, 0.2) is 0 Å². The zero-order chi connectivity index (χ0) is 9.84. The first-order chi connectivity index (χ1) is 6.20. The molecule has 1 saturated heterocycles. The van der Waals surface area contributed by atoms with E-state index in [0.29, 0.717) is 15.4 Å². The first-order valence-electron chi connectivity index (χ1n) is 4.33. The summed E-state index contributed by atoms with van der Waals surface area (Å²) in [4.78, 5) is 0. The highest BCUT2D eigenvalue weighted by atomic mass is 31.1. The molecular formula is C7H13B2FO2P. The van der Waals surface area contributed by atoms with E-state index >= 15 is 0 Å². The van der Waals surface area contributed by atoms with Gasteiger partial charge in [-0.05, 0) is 6.66 Å². The molecule has 1 aliphatic rings. The molecule has 3 radical (unpaired) electrons. The molecule has 0 aliphatic carbocycles. The van der Waals surface area contributed by atoms with Gasteiger partial charge in [0.05, 0.1) is 19.9 Å². The normalized spacial score (nSPS) is 40.2. The summed E-state index contributed by atoms with van der Waals surface area (Å²) in [6.45, 7) is 4.21. The van der Waals surface area contributed by atoms with Crippen molar-refractivity contribution in [1.82, 2.24) is 0 Å². The van der Waals surface area contributed by atoms with Crippen molar-refractivity contribution in [3.63, 3.8) is 0 Å². The highest BCUT2D eigenvalue weighted by molar-refractivity contribution is 7.31. The van der Waals surface area contributed by atoms with Crippen LogP contribution in [-0.2, 0) is 9.26 Å². The number of hydrogen-bond acceptors (Lipinski definition) is 2. The first kappa shape index (κ1) is 11.5. The summed E-state index contributed by atoms with van der Waals surface area (Å²) in [6, 6.07) is -0.566. The minimum Gasteiger partial charge on any atom is -0.379 e. The second-order valence-corrected chi connectivity index (χ2v) is 3.85. The van der Waals surface area contributed by atoms with Gasteiger partial charge in [0.2, 0.25) is 0 Å². The fraction of sp³-hybridized carbons (Fsp3) is 1.00. The smallest absolute Gasteiger partial charge is 0.123 e. The van der Waals surface area contributed by atoms with Crippen LogP contribution in [0.5, 0.6) is 0 Å². The lowest BCUT2D eigenvalue weighted by Crippen LogP contribution is -2.27. The van der Waals surface area contributed by atoms with Crippen molar-refractivity contribution in [2.45, 2.75) is 25.2 Å². The fourth-order valence-corrected chi connectivity index (χ4v) is 1.74. The van der Waals surface area contributed by atoms with Crippen LogP contribution in [-0.4, -0.2) is 46.5 Å². The number of hydrogen-bond donors (Lipinski definition) is 0. The van der Waals surface area contributed by atoms with Crippen LogP contribution in [0.4, 0.5) is 4.39 Å². The van der Waals surface area contributed by atoms with Crippen LogP contribution in [0.1, 0.15) is 6.92 Å². The van der Waals surface area contributed by atoms with Gasteiger partial charge in [0, 0.05) is 28.5 Å². The molecule has 0 amide bonds. The Hall–Kier alpha value is 0.410. The zero-order valence-corrected chi connectivity index (χ0v) is 8.87. The van der Waals surface area contributed by atoms with E-state index in [4.69, 9.17) is 17.0 Å². The van der Waals surface area contributed by atoms with E-state index in [1.807, 2.05) is 13.6 Å². The standard InChI is InChI=1S/C7H13B2FO2P/c1-4-5(3-11-13-2)12-7(9-8)6(4)10/h4-7,13H,3H2,1-2H3/t4-,5+,6?,7+/m0/s1. The quantitative estimate of drug-likeness (QED) is 0.492. The molecule has 0 aromatic heterocycles. The van der Waals surface area contributed by atoms with Crippen LogP contribution in [0.25, 0.3) is 0 Å². The Labute approximate surface area is 82.4 Å². The number of rotatable bonds is 4. The fourth-order valence-electron chi connectivity index (χ4n) is 1.41. The summed E-state index contributed by atoms with van der Waals surface area (Å²) in [6.07, 6.45) is -1.16. The maximum atomic E-state index is 13.4. The van der Waals surface area contributed by atoms with Crippen molar-refractivity contribution in [1.29, 1.82) is 0 Å². The van der Waals surface area contributed by atoms with Crippen LogP contribution in [0, 0.1) is 5.92 Å². The van der Waals surface area contributed by atoms with Gasteiger partial charge in [0.25, 0.3) is 0 Å². The van der Waals surface area contributed by atoms with Crippen molar-refractivity contribution >= 4 is 23.7 Å². The van der Waals surface area contributed by atoms with Crippen LogP contribution in [0.2, 0.25) is 0 Å². The zero-order valence-electron chi connectivity index (χ0n) is 7.87. The number of alkyl halides is 1. The molecule has 71 valence electrons. The van der Waals surface area contributed by atoms with Crippen molar-refractivity contribution in [3.8, 4) is 0 Å². The lowest BCUT2D eigenvalue weighted by molar-refractivity contribution is 0.0393. The number of ether oxygens (including phenoxy) is 1. The Morgan fingerprint density at radius 3 is 2.85 bits per heavy atom. The van der Waals surface area contributed by atoms with Crippen LogP contribution >= 0.6 is 8.81 Å². The Kier molecular flexibility index (Phi) is 4.71. The van der Waals surface area contributed by atoms with E-state index in [1.54, 1.807) is 0 Å². The molecule has 13 heavy (non-hydrogen) atoms. The molecule has 6 heteroatoms. The molecule has 1 aliphatic heterocycles. The van der Waals surface area contributed by atoms with Gasteiger partial charge in [-0.3, -0.25) is 0 Å². The first-order valence-corrected chi connectivity index (χ1v) is 5.74. The number of halogens is 1. The van der Waals surface area contributed by atoms with Crippen LogP contribution in [0.15, 0.2) is 0 Å². The monoisotopic (exact) mass is 201 g/mol. The molecular weight excluding hydrogens is 188 g/mol. The Morgan fingerprint density at radius 1 is 1.69 bits per heavy atom. The molecule has 0 N–H and O–H groups in total. The van der Waals surface area contributed by atoms with Gasteiger partial charge < -0.3 is 9.26 Å². The minimum absolute atomic E-state index is 0.138. The molecule has 0 saturated carbocycles. The van der Waals surface area contributed by atoms with Crippen molar-refractivity contribution in [3.05, 3.63) is 0 Å². The Balaban J connectivity index is 2.40. The minimum atomic E-state index is -1.00. The van der Waals surface area contributed by atoms with E-state index in [1.165, 1.54) is 7.17 Å². The SMILES string of the molecule is [B][B][C@@H]1O[C@H](COPC)[C@H](C)C1F. The van der Waals surface area contributed by atoms with Gasteiger partial charge >= 0.3 is 0 Å². The molecule has 1 rings (SSSR count). The lowest BCUT2D eigenvalue weighted by Gasteiger charge is -2.14. The summed E-state index contributed by atoms with van der Waals surface area (Å²) in [5, 5.41) is 0. The average Bonchev–Trinajstić information content (AvgIpc) is 2.41. The van der Waals surface area contributed by atoms with E-state index in [0.717, 1.165) is 0 Å². The molecule has 1 heterocycles. The second-order valence-electron chi connectivity index (χ2n) is 3.15. The molecule has 0 spiro atoms. The highest BCUT2D eigenvalue weighted by Crippen LogP contribution is 2.29. The third-order valence-electron chi connectivity index (χ3n) is 2.32. The molecule has 0 bridgehead atoms. The van der Waals surface area contributed by atoms with Gasteiger partial charge in [-0.25, -0.2) is 4.39 Å². The maximum Gasteiger partial charge on any atom is 0.123 e. The van der Waals surface area contributed by atoms with Crippen molar-refractivity contribution < 1.29 is 13.7 Å². The largest absolute Gasteiger partial charge is 0.379 e. The second kappa shape index (κ2) is 5.33. The van der Waals surface area contributed by atoms with Crippen molar-refractivity contribution in [2.75, 3.05) is 13.3 Å². The van der Waals surface area contributed by atoms with Gasteiger partial charge in [-0.15, -0.1) is 0 Å². The van der Waals surface area contributed by atoms with E-state index in [2.05, 4.69) is 0 Å². The van der Waals surface area contributed by atoms with Gasteiger partial charge in [0.1, 0.15) is 6.17 Å². The van der Waals surface area contributed by atoms with Crippen LogP contribution in [0.3, 0.4) is 0 Å². The molecule has 1 fully saturated rings. The van der Waals surface area contributed by atoms with Crippen LogP contribution < -0.4 is 0 Å².